The monoisotopic (exact) mass is 232 g/mol. The molecule has 0 aromatic heterocycles. The van der Waals surface area contributed by atoms with Crippen molar-refractivity contribution in [1.29, 1.82) is 0 Å². The van der Waals surface area contributed by atoms with E-state index in [1.54, 1.807) is 4.90 Å². The van der Waals surface area contributed by atoms with Crippen LogP contribution in [0.4, 0.5) is 0 Å². The largest absolute Gasteiger partial charge is 0.337 e. The van der Waals surface area contributed by atoms with Gasteiger partial charge in [0, 0.05) is 12.6 Å². The molecule has 0 aromatic carbocycles. The van der Waals surface area contributed by atoms with Gasteiger partial charge in [0.2, 0.25) is 5.91 Å². The van der Waals surface area contributed by atoms with Crippen LogP contribution in [0.25, 0.3) is 0 Å². The number of piperidine rings is 1. The number of hydrogen-bond donors (Lipinski definition) is 1. The van der Waals surface area contributed by atoms with Crippen molar-refractivity contribution >= 4 is 15.7 Å². The first kappa shape index (κ1) is 10.9. The van der Waals surface area contributed by atoms with E-state index in [9.17, 15) is 13.2 Å². The Morgan fingerprint density at radius 2 is 2.07 bits per heavy atom. The highest BCUT2D eigenvalue weighted by molar-refractivity contribution is 7.91. The van der Waals surface area contributed by atoms with Crippen LogP contribution in [0.5, 0.6) is 0 Å². The van der Waals surface area contributed by atoms with E-state index in [2.05, 4.69) is 0 Å². The number of amides is 1. The number of carbonyl (C=O) groups is 1. The summed E-state index contributed by atoms with van der Waals surface area (Å²) in [5.74, 6) is 0.241. The van der Waals surface area contributed by atoms with Crippen molar-refractivity contribution in [2.24, 2.45) is 5.73 Å². The van der Waals surface area contributed by atoms with E-state index >= 15 is 0 Å². The average Bonchev–Trinajstić information content (AvgIpc) is 2.51. The smallest absolute Gasteiger partial charge is 0.239 e. The van der Waals surface area contributed by atoms with Crippen LogP contribution < -0.4 is 5.73 Å². The average molecular weight is 232 g/mol. The summed E-state index contributed by atoms with van der Waals surface area (Å²) < 4.78 is 22.6. The summed E-state index contributed by atoms with van der Waals surface area (Å²) in [5, 5.41) is 0. The molecule has 0 spiro atoms. The molecular formula is C9H16N2O3S. The van der Waals surface area contributed by atoms with Gasteiger partial charge in [-0.05, 0) is 19.3 Å². The normalized spacial score (nSPS) is 35.8. The maximum absolute atomic E-state index is 11.7. The van der Waals surface area contributed by atoms with E-state index in [1.807, 2.05) is 0 Å². The molecule has 2 rings (SSSR count). The van der Waals surface area contributed by atoms with E-state index in [-0.39, 0.29) is 23.5 Å². The zero-order valence-electron chi connectivity index (χ0n) is 8.55. The predicted octanol–water partition coefficient (Wildman–Crippen LogP) is -0.877. The Labute approximate surface area is 89.5 Å². The molecule has 2 aliphatic rings. The van der Waals surface area contributed by atoms with Gasteiger partial charge in [-0.1, -0.05) is 0 Å². The van der Waals surface area contributed by atoms with E-state index in [0.717, 1.165) is 12.8 Å². The van der Waals surface area contributed by atoms with Crippen LogP contribution in [0.15, 0.2) is 0 Å². The van der Waals surface area contributed by atoms with Gasteiger partial charge < -0.3 is 10.6 Å². The van der Waals surface area contributed by atoms with Crippen LogP contribution >= 0.6 is 0 Å². The van der Waals surface area contributed by atoms with Crippen molar-refractivity contribution < 1.29 is 13.2 Å². The minimum Gasteiger partial charge on any atom is -0.337 e. The second-order valence-corrected chi connectivity index (χ2v) is 6.57. The molecule has 2 fully saturated rings. The lowest BCUT2D eigenvalue weighted by molar-refractivity contribution is -0.136. The fraction of sp³-hybridized carbons (Fsp3) is 0.889. The second-order valence-electron chi connectivity index (χ2n) is 4.34. The van der Waals surface area contributed by atoms with Gasteiger partial charge in [0.15, 0.2) is 9.84 Å². The number of likely N-dealkylation sites (tertiary alicyclic amines) is 1. The Morgan fingerprint density at radius 3 is 2.67 bits per heavy atom. The van der Waals surface area contributed by atoms with Crippen molar-refractivity contribution in [2.45, 2.75) is 31.3 Å². The molecule has 0 radical (unpaired) electrons. The summed E-state index contributed by atoms with van der Waals surface area (Å²) in [7, 11) is -2.92. The first-order valence-electron chi connectivity index (χ1n) is 5.26. The molecule has 2 saturated heterocycles. The highest BCUT2D eigenvalue weighted by atomic mass is 32.2. The number of nitrogens with two attached hydrogens (primary N) is 1. The predicted molar refractivity (Wildman–Crippen MR) is 56.0 cm³/mol. The Morgan fingerprint density at radius 1 is 1.33 bits per heavy atom. The van der Waals surface area contributed by atoms with Crippen LogP contribution in [0.3, 0.4) is 0 Å². The van der Waals surface area contributed by atoms with Crippen LogP contribution in [-0.4, -0.2) is 49.4 Å². The van der Waals surface area contributed by atoms with E-state index < -0.39 is 15.9 Å². The van der Waals surface area contributed by atoms with Crippen molar-refractivity contribution in [3.63, 3.8) is 0 Å². The molecule has 2 heterocycles. The zero-order valence-corrected chi connectivity index (χ0v) is 9.37. The van der Waals surface area contributed by atoms with Crippen molar-refractivity contribution in [1.82, 2.24) is 4.90 Å². The summed E-state index contributed by atoms with van der Waals surface area (Å²) in [5.41, 5.74) is 5.66. The van der Waals surface area contributed by atoms with Gasteiger partial charge in [0.1, 0.15) is 0 Å². The number of carbonyl (C=O) groups excluding carboxylic acids is 1. The van der Waals surface area contributed by atoms with Gasteiger partial charge in [-0.15, -0.1) is 0 Å². The highest BCUT2D eigenvalue weighted by Gasteiger charge is 2.37. The summed E-state index contributed by atoms with van der Waals surface area (Å²) >= 11 is 0. The van der Waals surface area contributed by atoms with E-state index in [1.165, 1.54) is 0 Å². The van der Waals surface area contributed by atoms with Crippen LogP contribution in [0.2, 0.25) is 0 Å². The SMILES string of the molecule is NC1CCCN(C2CCS(=O)(=O)C2)C1=O. The summed E-state index contributed by atoms with van der Waals surface area (Å²) in [4.78, 5) is 13.4. The summed E-state index contributed by atoms with van der Waals surface area (Å²) in [6, 6.07) is -0.559. The Balaban J connectivity index is 2.08. The lowest BCUT2D eigenvalue weighted by Crippen LogP contribution is -2.52. The Bertz CT molecular complexity index is 366. The lowest BCUT2D eigenvalue weighted by atomic mass is 10.0. The zero-order chi connectivity index (χ0) is 11.1. The first-order valence-corrected chi connectivity index (χ1v) is 7.08. The van der Waals surface area contributed by atoms with E-state index in [0.29, 0.717) is 13.0 Å². The number of rotatable bonds is 1. The minimum absolute atomic E-state index is 0.0802. The third-order valence-electron chi connectivity index (χ3n) is 3.16. The Hall–Kier alpha value is -0.620. The topological polar surface area (TPSA) is 80.5 Å². The quantitative estimate of drug-likeness (QED) is 0.637. The second kappa shape index (κ2) is 3.75. The molecule has 2 aliphatic heterocycles. The molecule has 1 amide bonds. The van der Waals surface area contributed by atoms with Crippen LogP contribution in [0, 0.1) is 0 Å². The molecule has 2 N–H and O–H groups in total. The molecule has 0 saturated carbocycles. The summed E-state index contributed by atoms with van der Waals surface area (Å²) in [6.45, 7) is 0.659. The standard InChI is InChI=1S/C9H16N2O3S/c10-8-2-1-4-11(9(8)12)7-3-5-15(13,14)6-7/h7-8H,1-6,10H2. The van der Waals surface area contributed by atoms with Crippen molar-refractivity contribution in [2.75, 3.05) is 18.1 Å². The molecule has 0 bridgehead atoms. The number of sulfone groups is 1. The van der Waals surface area contributed by atoms with Crippen molar-refractivity contribution in [3.8, 4) is 0 Å². The van der Waals surface area contributed by atoms with Gasteiger partial charge in [-0.25, -0.2) is 8.42 Å². The summed E-state index contributed by atoms with van der Waals surface area (Å²) in [6.07, 6.45) is 2.17. The van der Waals surface area contributed by atoms with Crippen LogP contribution in [0.1, 0.15) is 19.3 Å². The van der Waals surface area contributed by atoms with Crippen molar-refractivity contribution in [3.05, 3.63) is 0 Å². The fourth-order valence-electron chi connectivity index (χ4n) is 2.31. The third kappa shape index (κ3) is 2.15. The Kier molecular flexibility index (Phi) is 2.72. The molecule has 0 aliphatic carbocycles. The highest BCUT2D eigenvalue weighted by Crippen LogP contribution is 2.21. The number of nitrogens with zero attached hydrogens (tertiary/aromatic N) is 1. The molecule has 5 nitrogen and oxygen atoms in total. The van der Waals surface area contributed by atoms with Gasteiger partial charge in [0.05, 0.1) is 17.5 Å². The molecule has 6 heteroatoms. The molecule has 0 aromatic rings. The van der Waals surface area contributed by atoms with Gasteiger partial charge in [-0.2, -0.15) is 0 Å². The maximum Gasteiger partial charge on any atom is 0.239 e. The third-order valence-corrected chi connectivity index (χ3v) is 4.91. The molecule has 15 heavy (non-hydrogen) atoms. The van der Waals surface area contributed by atoms with Gasteiger partial charge in [0.25, 0.3) is 0 Å². The van der Waals surface area contributed by atoms with Crippen LogP contribution in [-0.2, 0) is 14.6 Å². The van der Waals surface area contributed by atoms with E-state index in [4.69, 9.17) is 5.73 Å². The molecule has 2 unspecified atom stereocenters. The molecular weight excluding hydrogens is 216 g/mol. The maximum atomic E-state index is 11.7. The molecule has 86 valence electrons. The lowest BCUT2D eigenvalue weighted by Gasteiger charge is -2.34. The minimum atomic E-state index is -2.92. The fourth-order valence-corrected chi connectivity index (χ4v) is 4.04. The first-order chi connectivity index (χ1) is 6.99. The van der Waals surface area contributed by atoms with Gasteiger partial charge >= 0.3 is 0 Å². The van der Waals surface area contributed by atoms with Gasteiger partial charge in [-0.3, -0.25) is 4.79 Å². The number of hydrogen-bond acceptors (Lipinski definition) is 4. The molecule has 2 atom stereocenters.